The van der Waals surface area contributed by atoms with Crippen LogP contribution in [-0.4, -0.2) is 29.3 Å². The van der Waals surface area contributed by atoms with Crippen LogP contribution in [-0.2, 0) is 13.3 Å². The topological polar surface area (TPSA) is 34.1 Å². The summed E-state index contributed by atoms with van der Waals surface area (Å²) in [6.45, 7) is 0. The molecule has 0 aliphatic carbocycles. The summed E-state index contributed by atoms with van der Waals surface area (Å²) in [6, 6.07) is 9.71. The van der Waals surface area contributed by atoms with Crippen LogP contribution in [0.25, 0.3) is 0 Å². The quantitative estimate of drug-likeness (QED) is 0.740. The van der Waals surface area contributed by atoms with Gasteiger partial charge >= 0.3 is 78.5 Å². The van der Waals surface area contributed by atoms with Crippen LogP contribution in [0.2, 0.25) is 0 Å². The van der Waals surface area contributed by atoms with E-state index in [4.69, 9.17) is 0 Å². The second-order valence-electron chi connectivity index (χ2n) is 2.51. The van der Waals surface area contributed by atoms with Gasteiger partial charge in [-0.3, -0.25) is 0 Å². The zero-order valence-corrected chi connectivity index (χ0v) is 9.46. The fraction of sp³-hybridized carbons (Fsp3) is 0.250. The molecule has 0 spiro atoms. The third-order valence-electron chi connectivity index (χ3n) is 1.32. The van der Waals surface area contributed by atoms with Crippen molar-refractivity contribution in [1.82, 2.24) is 0 Å². The van der Waals surface area contributed by atoms with Gasteiger partial charge in [0.25, 0.3) is 0 Å². The summed E-state index contributed by atoms with van der Waals surface area (Å²) >= 11 is -0.583. The van der Waals surface area contributed by atoms with E-state index in [0.29, 0.717) is 5.21 Å². The van der Waals surface area contributed by atoms with Crippen LogP contribution in [0.5, 0.6) is 0 Å². The summed E-state index contributed by atoms with van der Waals surface area (Å²) in [5.74, 6) is 0. The molecule has 0 fully saturated rings. The molecule has 0 aliphatic heterocycles. The van der Waals surface area contributed by atoms with Crippen LogP contribution < -0.4 is 0 Å². The fourth-order valence-corrected chi connectivity index (χ4v) is 4.02. The molecule has 0 amide bonds. The first-order chi connectivity index (χ1) is 5.58. The van der Waals surface area contributed by atoms with E-state index in [9.17, 15) is 8.42 Å². The molecule has 2 nitrogen and oxygen atoms in total. The molecule has 0 saturated heterocycles. The second kappa shape index (κ2) is 4.10. The van der Waals surface area contributed by atoms with Gasteiger partial charge in [0.2, 0.25) is 0 Å². The maximum atomic E-state index is 10.8. The Morgan fingerprint density at radius 3 is 2.33 bits per heavy atom. The van der Waals surface area contributed by atoms with Gasteiger partial charge in [-0.2, -0.15) is 0 Å². The molecule has 0 N–H and O–H groups in total. The first kappa shape index (κ1) is 9.81. The van der Waals surface area contributed by atoms with E-state index in [1.807, 2.05) is 30.3 Å². The first-order valence-corrected chi connectivity index (χ1v) is 8.98. The molecule has 12 heavy (non-hydrogen) atoms. The Hall–Kier alpha value is -0.272. The molecule has 1 aromatic carbocycles. The molecule has 4 heteroatoms. The van der Waals surface area contributed by atoms with E-state index < -0.39 is 22.7 Å². The number of rotatable bonds is 3. The van der Waals surface area contributed by atoms with Crippen LogP contribution >= 0.6 is 0 Å². The Bertz CT molecular complexity index is 331. The van der Waals surface area contributed by atoms with Gasteiger partial charge in [0, 0.05) is 0 Å². The number of hydrogen-bond acceptors (Lipinski definition) is 2. The van der Waals surface area contributed by atoms with Crippen LogP contribution in [0.15, 0.2) is 30.3 Å². The van der Waals surface area contributed by atoms with Crippen LogP contribution in [0.3, 0.4) is 0 Å². The number of benzene rings is 1. The molecule has 0 heterocycles. The Morgan fingerprint density at radius 2 is 1.83 bits per heavy atom. The molecule has 65 valence electrons. The molecule has 0 unspecified atom stereocenters. The SMILES string of the molecule is CS(=O)(=O)[As]Cc1ccccc1. The van der Waals surface area contributed by atoms with Crippen molar-refractivity contribution in [3.63, 3.8) is 0 Å². The van der Waals surface area contributed by atoms with Crippen LogP contribution in [0, 0.1) is 0 Å². The van der Waals surface area contributed by atoms with Crippen LogP contribution in [0.4, 0.5) is 0 Å². The van der Waals surface area contributed by atoms with Gasteiger partial charge in [0.1, 0.15) is 0 Å². The molecular weight excluding hydrogens is 235 g/mol. The van der Waals surface area contributed by atoms with Gasteiger partial charge < -0.3 is 0 Å². The van der Waals surface area contributed by atoms with Crippen molar-refractivity contribution in [2.24, 2.45) is 0 Å². The second-order valence-corrected chi connectivity index (χ2v) is 10.7. The van der Waals surface area contributed by atoms with E-state index in [-0.39, 0.29) is 0 Å². The summed E-state index contributed by atoms with van der Waals surface area (Å²) in [4.78, 5) is 0. The predicted molar refractivity (Wildman–Crippen MR) is 50.7 cm³/mol. The van der Waals surface area contributed by atoms with Crippen LogP contribution in [0.1, 0.15) is 5.56 Å². The molecule has 1 rings (SSSR count). The molecule has 1 radical (unpaired) electrons. The van der Waals surface area contributed by atoms with Crippen molar-refractivity contribution in [2.45, 2.75) is 5.21 Å². The Morgan fingerprint density at radius 1 is 1.25 bits per heavy atom. The summed E-state index contributed by atoms with van der Waals surface area (Å²) in [5.41, 5.74) is 1.11. The van der Waals surface area contributed by atoms with E-state index in [1.54, 1.807) is 0 Å². The predicted octanol–water partition coefficient (Wildman–Crippen LogP) is 0.850. The summed E-state index contributed by atoms with van der Waals surface area (Å²) in [5, 5.41) is 0.705. The Kier molecular flexibility index (Phi) is 3.36. The van der Waals surface area contributed by atoms with E-state index in [2.05, 4.69) is 0 Å². The molecule has 0 saturated carbocycles. The molecule has 0 aliphatic rings. The average molecular weight is 245 g/mol. The van der Waals surface area contributed by atoms with Gasteiger partial charge in [-0.05, 0) is 0 Å². The normalized spacial score (nSPS) is 12.4. The van der Waals surface area contributed by atoms with Gasteiger partial charge in [-0.25, -0.2) is 0 Å². The van der Waals surface area contributed by atoms with E-state index in [1.165, 1.54) is 6.26 Å². The minimum atomic E-state index is -2.73. The zero-order valence-electron chi connectivity index (χ0n) is 6.77. The van der Waals surface area contributed by atoms with Crippen molar-refractivity contribution >= 4 is 22.7 Å². The van der Waals surface area contributed by atoms with Crippen molar-refractivity contribution < 1.29 is 8.42 Å². The van der Waals surface area contributed by atoms with Gasteiger partial charge in [0.15, 0.2) is 0 Å². The molecule has 0 bridgehead atoms. The maximum absolute atomic E-state index is 10.8. The van der Waals surface area contributed by atoms with Crippen molar-refractivity contribution in [3.8, 4) is 0 Å². The monoisotopic (exact) mass is 245 g/mol. The summed E-state index contributed by atoms with van der Waals surface area (Å²) < 4.78 is 21.7. The van der Waals surface area contributed by atoms with E-state index >= 15 is 0 Å². The summed E-state index contributed by atoms with van der Waals surface area (Å²) in [7, 11) is -2.73. The Balaban J connectivity index is 2.56. The third kappa shape index (κ3) is 3.93. The molecule has 1 aromatic rings. The minimum absolute atomic E-state index is 0.583. The fourth-order valence-electron chi connectivity index (χ4n) is 0.775. The van der Waals surface area contributed by atoms with Gasteiger partial charge in [0.05, 0.1) is 0 Å². The van der Waals surface area contributed by atoms with Gasteiger partial charge in [-0.1, -0.05) is 0 Å². The molecule has 0 atom stereocenters. The first-order valence-electron chi connectivity index (χ1n) is 3.50. The van der Waals surface area contributed by atoms with Crippen molar-refractivity contribution in [2.75, 3.05) is 6.26 Å². The average Bonchev–Trinajstić information content (AvgIpc) is 2.02. The molecule has 0 aromatic heterocycles. The van der Waals surface area contributed by atoms with E-state index in [0.717, 1.165) is 5.56 Å². The van der Waals surface area contributed by atoms with Gasteiger partial charge in [-0.15, -0.1) is 0 Å². The molecular formula is C8H10AsO2S. The van der Waals surface area contributed by atoms with Crippen molar-refractivity contribution in [1.29, 1.82) is 0 Å². The summed E-state index contributed by atoms with van der Waals surface area (Å²) in [6.07, 6.45) is 1.30. The standard InChI is InChI=1S/C8H10AsO2S/c1-12(10,11)9-7-8-5-3-2-4-6-8/h2-6H,7H2,1H3. The zero-order chi connectivity index (χ0) is 9.03. The Labute approximate surface area is 78.6 Å². The number of hydrogen-bond donors (Lipinski definition) is 0. The van der Waals surface area contributed by atoms with Crippen molar-refractivity contribution in [3.05, 3.63) is 35.9 Å². The third-order valence-corrected chi connectivity index (χ3v) is 6.45.